The van der Waals surface area contributed by atoms with Crippen LogP contribution in [0.5, 0.6) is 0 Å². The number of amides is 2. The number of nitrogens with zero attached hydrogens (tertiary/aromatic N) is 1. The minimum atomic E-state index is -0.823. The third-order valence-electron chi connectivity index (χ3n) is 5.08. The first-order chi connectivity index (χ1) is 15.1. The molecule has 1 N–H and O–H groups in total. The summed E-state index contributed by atoms with van der Waals surface area (Å²) in [5, 5.41) is 2.75. The molecular formula is C26H34N2O4. The summed E-state index contributed by atoms with van der Waals surface area (Å²) in [4.78, 5) is 39.7. The van der Waals surface area contributed by atoms with Gasteiger partial charge in [-0.2, -0.15) is 0 Å². The molecule has 32 heavy (non-hydrogen) atoms. The Morgan fingerprint density at radius 3 is 1.94 bits per heavy atom. The van der Waals surface area contributed by atoms with Gasteiger partial charge >= 0.3 is 5.97 Å². The van der Waals surface area contributed by atoms with Crippen molar-refractivity contribution < 1.29 is 19.1 Å². The lowest BCUT2D eigenvalue weighted by molar-refractivity contribution is -0.157. The van der Waals surface area contributed by atoms with E-state index in [0.29, 0.717) is 6.54 Å². The molecule has 0 aliphatic rings. The van der Waals surface area contributed by atoms with E-state index in [2.05, 4.69) is 5.32 Å². The smallest absolute Gasteiger partial charge is 0.329 e. The Kier molecular flexibility index (Phi) is 9.00. The summed E-state index contributed by atoms with van der Waals surface area (Å²) in [7, 11) is 0. The van der Waals surface area contributed by atoms with Crippen molar-refractivity contribution in [1.82, 2.24) is 10.2 Å². The first kappa shape index (κ1) is 25.1. The van der Waals surface area contributed by atoms with E-state index in [1.54, 1.807) is 4.90 Å². The van der Waals surface area contributed by atoms with Crippen LogP contribution in [-0.2, 0) is 32.1 Å². The van der Waals surface area contributed by atoms with Crippen molar-refractivity contribution in [2.75, 3.05) is 6.61 Å². The summed E-state index contributed by atoms with van der Waals surface area (Å²) >= 11 is 0. The molecule has 0 heterocycles. The lowest BCUT2D eigenvalue weighted by Crippen LogP contribution is -2.49. The van der Waals surface area contributed by atoms with Crippen LogP contribution >= 0.6 is 0 Å². The predicted molar refractivity (Wildman–Crippen MR) is 125 cm³/mol. The standard InChI is InChI=1S/C26H34N2O4/c1-19(2)24(27-22(29)16-20-12-8-6-9-13-20)25(31)32-18-23(30)28(26(3,4)5)17-21-14-10-7-11-15-21/h6-15,19,24H,16-18H2,1-5H3,(H,27,29)/t24-/m0/s1. The highest BCUT2D eigenvalue weighted by molar-refractivity contribution is 5.87. The molecule has 0 aliphatic carbocycles. The molecule has 0 bridgehead atoms. The highest BCUT2D eigenvalue weighted by Gasteiger charge is 2.30. The van der Waals surface area contributed by atoms with Crippen molar-refractivity contribution in [1.29, 1.82) is 0 Å². The molecule has 6 nitrogen and oxygen atoms in total. The molecule has 0 radical (unpaired) electrons. The van der Waals surface area contributed by atoms with Crippen LogP contribution in [0.3, 0.4) is 0 Å². The van der Waals surface area contributed by atoms with Crippen molar-refractivity contribution in [3.63, 3.8) is 0 Å². The molecule has 2 amide bonds. The Balaban J connectivity index is 1.98. The maximum atomic E-state index is 12.9. The van der Waals surface area contributed by atoms with E-state index in [0.717, 1.165) is 11.1 Å². The monoisotopic (exact) mass is 438 g/mol. The van der Waals surface area contributed by atoms with Crippen LogP contribution in [0, 0.1) is 5.92 Å². The normalized spacial score (nSPS) is 12.2. The summed E-state index contributed by atoms with van der Waals surface area (Å²) in [6.07, 6.45) is 0.172. The molecule has 2 aromatic rings. The number of nitrogens with one attached hydrogen (secondary N) is 1. The fraction of sp³-hybridized carbons (Fsp3) is 0.423. The van der Waals surface area contributed by atoms with Gasteiger partial charge in [-0.25, -0.2) is 4.79 Å². The van der Waals surface area contributed by atoms with Crippen LogP contribution in [0.4, 0.5) is 0 Å². The van der Waals surface area contributed by atoms with E-state index >= 15 is 0 Å². The van der Waals surface area contributed by atoms with Gasteiger partial charge in [0.2, 0.25) is 5.91 Å². The first-order valence-corrected chi connectivity index (χ1v) is 10.9. The van der Waals surface area contributed by atoms with Crippen LogP contribution in [0.1, 0.15) is 45.7 Å². The van der Waals surface area contributed by atoms with Crippen LogP contribution in [0.2, 0.25) is 0 Å². The van der Waals surface area contributed by atoms with Gasteiger partial charge in [-0.1, -0.05) is 74.5 Å². The zero-order valence-corrected chi connectivity index (χ0v) is 19.6. The molecule has 0 saturated carbocycles. The van der Waals surface area contributed by atoms with Gasteiger partial charge < -0.3 is 15.0 Å². The van der Waals surface area contributed by atoms with E-state index in [-0.39, 0.29) is 30.8 Å². The third kappa shape index (κ3) is 7.84. The second-order valence-electron chi connectivity index (χ2n) is 9.20. The van der Waals surface area contributed by atoms with Gasteiger partial charge in [0.15, 0.2) is 6.61 Å². The minimum Gasteiger partial charge on any atom is -0.454 e. The summed E-state index contributed by atoms with van der Waals surface area (Å²) in [5.74, 6) is -1.34. The van der Waals surface area contributed by atoms with E-state index in [4.69, 9.17) is 4.74 Å². The molecule has 0 spiro atoms. The quantitative estimate of drug-likeness (QED) is 0.605. The Bertz CT molecular complexity index is 889. The summed E-state index contributed by atoms with van der Waals surface area (Å²) in [6, 6.07) is 18.2. The molecular weight excluding hydrogens is 404 g/mol. The van der Waals surface area contributed by atoms with Gasteiger partial charge in [-0.15, -0.1) is 0 Å². The molecule has 2 rings (SSSR count). The molecule has 0 saturated heterocycles. The summed E-state index contributed by atoms with van der Waals surface area (Å²) < 4.78 is 5.35. The van der Waals surface area contributed by atoms with Crippen molar-refractivity contribution >= 4 is 17.8 Å². The lowest BCUT2D eigenvalue weighted by atomic mass is 10.0. The number of ether oxygens (including phenoxy) is 1. The topological polar surface area (TPSA) is 75.7 Å². The Hall–Kier alpha value is -3.15. The van der Waals surface area contributed by atoms with E-state index in [1.807, 2.05) is 95.3 Å². The zero-order chi connectivity index (χ0) is 23.7. The Morgan fingerprint density at radius 1 is 0.906 bits per heavy atom. The van der Waals surface area contributed by atoms with E-state index < -0.39 is 17.6 Å². The highest BCUT2D eigenvalue weighted by atomic mass is 16.5. The Labute approximate surface area is 191 Å². The summed E-state index contributed by atoms with van der Waals surface area (Å²) in [6.45, 7) is 9.52. The average Bonchev–Trinajstić information content (AvgIpc) is 2.74. The van der Waals surface area contributed by atoms with Gasteiger partial charge in [0.05, 0.1) is 6.42 Å². The summed E-state index contributed by atoms with van der Waals surface area (Å²) in [5.41, 5.74) is 1.41. The number of hydrogen-bond acceptors (Lipinski definition) is 4. The SMILES string of the molecule is CC(C)[C@H](NC(=O)Cc1ccccc1)C(=O)OCC(=O)N(Cc1ccccc1)C(C)(C)C. The molecule has 0 aliphatic heterocycles. The zero-order valence-electron chi connectivity index (χ0n) is 19.6. The van der Waals surface area contributed by atoms with Crippen LogP contribution < -0.4 is 5.32 Å². The van der Waals surface area contributed by atoms with Gasteiger partial charge in [-0.3, -0.25) is 9.59 Å². The lowest BCUT2D eigenvalue weighted by Gasteiger charge is -2.36. The van der Waals surface area contributed by atoms with Gasteiger partial charge in [0.1, 0.15) is 6.04 Å². The van der Waals surface area contributed by atoms with Crippen LogP contribution in [0.15, 0.2) is 60.7 Å². The van der Waals surface area contributed by atoms with Gasteiger partial charge in [0.25, 0.3) is 5.91 Å². The fourth-order valence-electron chi connectivity index (χ4n) is 3.27. The molecule has 2 aromatic carbocycles. The van der Waals surface area contributed by atoms with Crippen molar-refractivity contribution in [2.45, 2.75) is 59.2 Å². The number of esters is 1. The number of carbonyl (C=O) groups excluding carboxylic acids is 3. The van der Waals surface area contributed by atoms with E-state index in [1.165, 1.54) is 0 Å². The Morgan fingerprint density at radius 2 is 1.44 bits per heavy atom. The second kappa shape index (κ2) is 11.5. The largest absolute Gasteiger partial charge is 0.454 e. The molecule has 6 heteroatoms. The molecule has 1 atom stereocenters. The van der Waals surface area contributed by atoms with Crippen molar-refractivity contribution in [2.24, 2.45) is 5.92 Å². The minimum absolute atomic E-state index is 0.172. The van der Waals surface area contributed by atoms with Crippen LogP contribution in [-0.4, -0.2) is 40.9 Å². The predicted octanol–water partition coefficient (Wildman–Crippen LogP) is 3.74. The number of hydrogen-bond donors (Lipinski definition) is 1. The molecule has 0 aromatic heterocycles. The maximum Gasteiger partial charge on any atom is 0.329 e. The molecule has 0 fully saturated rings. The number of carbonyl (C=O) groups is 3. The van der Waals surface area contributed by atoms with Gasteiger partial charge in [0, 0.05) is 12.1 Å². The van der Waals surface area contributed by atoms with Crippen molar-refractivity contribution in [3.8, 4) is 0 Å². The third-order valence-corrected chi connectivity index (χ3v) is 5.08. The van der Waals surface area contributed by atoms with Gasteiger partial charge in [-0.05, 0) is 37.8 Å². The molecule has 172 valence electrons. The van der Waals surface area contributed by atoms with Crippen molar-refractivity contribution in [3.05, 3.63) is 71.8 Å². The fourth-order valence-corrected chi connectivity index (χ4v) is 3.27. The number of benzene rings is 2. The first-order valence-electron chi connectivity index (χ1n) is 10.9. The molecule has 0 unspecified atom stereocenters. The number of rotatable bonds is 9. The maximum absolute atomic E-state index is 12.9. The van der Waals surface area contributed by atoms with E-state index in [9.17, 15) is 14.4 Å². The average molecular weight is 439 g/mol. The van der Waals surface area contributed by atoms with Crippen LogP contribution in [0.25, 0.3) is 0 Å². The highest BCUT2D eigenvalue weighted by Crippen LogP contribution is 2.18. The second-order valence-corrected chi connectivity index (χ2v) is 9.20.